The molecule has 4 aromatic rings. The van der Waals surface area contributed by atoms with Crippen molar-refractivity contribution in [2.45, 2.75) is 25.9 Å². The van der Waals surface area contributed by atoms with Gasteiger partial charge in [0.15, 0.2) is 5.11 Å². The lowest BCUT2D eigenvalue weighted by molar-refractivity contribution is -0.384. The Balaban J connectivity index is 1.67. The molecular weight excluding hydrogens is 502 g/mol. The van der Waals surface area contributed by atoms with E-state index < -0.39 is 4.92 Å². The summed E-state index contributed by atoms with van der Waals surface area (Å²) in [6, 6.07) is 20.0. The maximum atomic E-state index is 11.3. The second kappa shape index (κ2) is 10.1. The van der Waals surface area contributed by atoms with Gasteiger partial charge in [0.1, 0.15) is 11.5 Å². The van der Waals surface area contributed by atoms with Gasteiger partial charge in [0.2, 0.25) is 0 Å². The van der Waals surface area contributed by atoms with Gasteiger partial charge in [0, 0.05) is 29.3 Å². The quantitative estimate of drug-likeness (QED) is 0.188. The summed E-state index contributed by atoms with van der Waals surface area (Å²) < 4.78 is 13.0. The SMILES string of the molecule is COc1ccc(N2C(=S)NC(c3ccccn3)C2c2cc(C)n(-c3ccc([N+](=O)[O-])cc3OC)c2C)cc1. The van der Waals surface area contributed by atoms with E-state index in [1.165, 1.54) is 19.2 Å². The van der Waals surface area contributed by atoms with Crippen LogP contribution in [0.1, 0.15) is 34.7 Å². The molecule has 1 aliphatic rings. The highest BCUT2D eigenvalue weighted by Crippen LogP contribution is 2.44. The molecular formula is C28H27N5O4S. The fraction of sp³-hybridized carbons (Fsp3) is 0.214. The van der Waals surface area contributed by atoms with Gasteiger partial charge in [-0.1, -0.05) is 6.07 Å². The Kier molecular flexibility index (Phi) is 6.73. The first kappa shape index (κ1) is 25.2. The second-order valence-electron chi connectivity index (χ2n) is 8.97. The first-order chi connectivity index (χ1) is 18.3. The Bertz CT molecular complexity index is 1500. The van der Waals surface area contributed by atoms with Crippen molar-refractivity contribution in [3.05, 3.63) is 106 Å². The van der Waals surface area contributed by atoms with Crippen LogP contribution in [0.15, 0.2) is 72.9 Å². The van der Waals surface area contributed by atoms with Crippen LogP contribution in [0.25, 0.3) is 5.69 Å². The number of methoxy groups -OCH3 is 2. The molecule has 10 heteroatoms. The van der Waals surface area contributed by atoms with E-state index in [9.17, 15) is 10.1 Å². The van der Waals surface area contributed by atoms with Gasteiger partial charge in [-0.15, -0.1) is 0 Å². The topological polar surface area (TPSA) is 94.7 Å². The number of ether oxygens (including phenoxy) is 2. The zero-order chi connectivity index (χ0) is 27.0. The number of non-ortho nitro benzene ring substituents is 1. The Morgan fingerprint density at radius 2 is 1.79 bits per heavy atom. The Labute approximate surface area is 225 Å². The number of nitrogens with one attached hydrogen (secondary N) is 1. The van der Waals surface area contributed by atoms with Gasteiger partial charge in [0.05, 0.1) is 48.7 Å². The van der Waals surface area contributed by atoms with Crippen LogP contribution in [0.2, 0.25) is 0 Å². The first-order valence-electron chi connectivity index (χ1n) is 12.0. The molecule has 0 amide bonds. The molecule has 0 bridgehead atoms. The smallest absolute Gasteiger partial charge is 0.273 e. The summed E-state index contributed by atoms with van der Waals surface area (Å²) in [6.07, 6.45) is 1.78. The Hall–Kier alpha value is -4.44. The lowest BCUT2D eigenvalue weighted by atomic mass is 9.96. The number of anilines is 1. The molecule has 0 saturated carbocycles. The third-order valence-corrected chi connectivity index (χ3v) is 7.17. The van der Waals surface area contributed by atoms with Gasteiger partial charge in [-0.25, -0.2) is 0 Å². The molecule has 9 nitrogen and oxygen atoms in total. The molecule has 2 atom stereocenters. The lowest BCUT2D eigenvalue weighted by Crippen LogP contribution is -2.29. The normalized spacial score (nSPS) is 16.8. The average molecular weight is 530 g/mol. The third-order valence-electron chi connectivity index (χ3n) is 6.85. The maximum Gasteiger partial charge on any atom is 0.273 e. The number of thiocarbonyl (C=S) groups is 1. The summed E-state index contributed by atoms with van der Waals surface area (Å²) in [5.74, 6) is 1.17. The van der Waals surface area contributed by atoms with Crippen LogP contribution < -0.4 is 19.7 Å². The van der Waals surface area contributed by atoms with Crippen molar-refractivity contribution in [1.82, 2.24) is 14.9 Å². The van der Waals surface area contributed by atoms with Crippen LogP contribution in [0.3, 0.4) is 0 Å². The van der Waals surface area contributed by atoms with Crippen molar-refractivity contribution in [2.75, 3.05) is 19.1 Å². The molecule has 1 saturated heterocycles. The molecule has 1 fully saturated rings. The average Bonchev–Trinajstić information content (AvgIpc) is 3.43. The Morgan fingerprint density at radius 1 is 1.03 bits per heavy atom. The van der Waals surface area contributed by atoms with Crippen LogP contribution in [0.5, 0.6) is 11.5 Å². The summed E-state index contributed by atoms with van der Waals surface area (Å²) in [5, 5.41) is 15.4. The summed E-state index contributed by atoms with van der Waals surface area (Å²) in [6.45, 7) is 4.04. The van der Waals surface area contributed by atoms with E-state index in [1.807, 2.05) is 56.3 Å². The van der Waals surface area contributed by atoms with E-state index in [0.717, 1.165) is 39.8 Å². The van der Waals surface area contributed by atoms with Crippen LogP contribution in [0, 0.1) is 24.0 Å². The van der Waals surface area contributed by atoms with E-state index in [4.69, 9.17) is 21.7 Å². The van der Waals surface area contributed by atoms with E-state index in [-0.39, 0.29) is 17.8 Å². The fourth-order valence-corrected chi connectivity index (χ4v) is 5.46. The molecule has 2 aromatic heterocycles. The van der Waals surface area contributed by atoms with Crippen molar-refractivity contribution in [2.24, 2.45) is 0 Å². The molecule has 0 radical (unpaired) electrons. The van der Waals surface area contributed by atoms with Crippen molar-refractivity contribution >= 4 is 28.7 Å². The van der Waals surface area contributed by atoms with E-state index in [0.29, 0.717) is 10.9 Å². The van der Waals surface area contributed by atoms with Crippen LogP contribution >= 0.6 is 12.2 Å². The molecule has 194 valence electrons. The van der Waals surface area contributed by atoms with Gasteiger partial charge < -0.3 is 24.3 Å². The number of hydrogen-bond donors (Lipinski definition) is 1. The van der Waals surface area contributed by atoms with E-state index >= 15 is 0 Å². The fourth-order valence-electron chi connectivity index (χ4n) is 5.11. The molecule has 38 heavy (non-hydrogen) atoms. The lowest BCUT2D eigenvalue weighted by Gasteiger charge is -2.28. The summed E-state index contributed by atoms with van der Waals surface area (Å²) in [4.78, 5) is 17.7. The minimum absolute atomic E-state index is 0.0282. The number of benzene rings is 2. The molecule has 0 aliphatic carbocycles. The summed E-state index contributed by atoms with van der Waals surface area (Å²) in [5.41, 5.74) is 5.44. The number of aromatic nitrogens is 2. The first-order valence-corrected chi connectivity index (χ1v) is 12.4. The van der Waals surface area contributed by atoms with Crippen LogP contribution in [0.4, 0.5) is 11.4 Å². The van der Waals surface area contributed by atoms with Gasteiger partial charge >= 0.3 is 0 Å². The number of rotatable bonds is 7. The van der Waals surface area contributed by atoms with Crippen molar-refractivity contribution in [1.29, 1.82) is 0 Å². The third kappa shape index (κ3) is 4.32. The predicted octanol–water partition coefficient (Wildman–Crippen LogP) is 5.59. The molecule has 5 rings (SSSR count). The Morgan fingerprint density at radius 3 is 2.42 bits per heavy atom. The summed E-state index contributed by atoms with van der Waals surface area (Å²) in [7, 11) is 3.15. The minimum Gasteiger partial charge on any atom is -0.497 e. The number of pyridine rings is 1. The molecule has 1 N–H and O–H groups in total. The van der Waals surface area contributed by atoms with Crippen molar-refractivity contribution in [3.8, 4) is 17.2 Å². The molecule has 3 heterocycles. The standard InChI is InChI=1S/C28H27N5O4S/c1-17-15-22(18(2)31(17)24-13-10-20(33(34)35)16-25(24)37-4)27-26(23-7-5-6-14-29-23)30-28(38)32(27)19-8-11-21(36-3)12-9-19/h5-16,26-27H,1-4H3,(H,30,38). The van der Waals surface area contributed by atoms with E-state index in [1.54, 1.807) is 19.4 Å². The zero-order valence-electron chi connectivity index (χ0n) is 21.4. The van der Waals surface area contributed by atoms with Gasteiger partial charge in [-0.2, -0.15) is 0 Å². The highest BCUT2D eigenvalue weighted by molar-refractivity contribution is 7.80. The molecule has 1 aliphatic heterocycles. The monoisotopic (exact) mass is 529 g/mol. The number of nitrogens with zero attached hydrogens (tertiary/aromatic N) is 4. The van der Waals surface area contributed by atoms with Crippen LogP contribution in [-0.4, -0.2) is 33.8 Å². The summed E-state index contributed by atoms with van der Waals surface area (Å²) >= 11 is 5.86. The zero-order valence-corrected chi connectivity index (χ0v) is 22.2. The highest BCUT2D eigenvalue weighted by Gasteiger charge is 2.42. The molecule has 2 unspecified atom stereocenters. The maximum absolute atomic E-state index is 11.3. The highest BCUT2D eigenvalue weighted by atomic mass is 32.1. The molecule has 2 aromatic carbocycles. The van der Waals surface area contributed by atoms with E-state index in [2.05, 4.69) is 25.8 Å². The van der Waals surface area contributed by atoms with Crippen molar-refractivity contribution < 1.29 is 14.4 Å². The number of aryl methyl sites for hydroxylation is 1. The van der Waals surface area contributed by atoms with Gasteiger partial charge in [-0.05, 0) is 80.2 Å². The molecule has 0 spiro atoms. The number of hydrogen-bond acceptors (Lipinski definition) is 6. The predicted molar refractivity (Wildman–Crippen MR) is 149 cm³/mol. The minimum atomic E-state index is -0.428. The second-order valence-corrected chi connectivity index (χ2v) is 9.36. The number of nitro benzene ring substituents is 1. The van der Waals surface area contributed by atoms with Crippen molar-refractivity contribution in [3.63, 3.8) is 0 Å². The van der Waals surface area contributed by atoms with Crippen LogP contribution in [-0.2, 0) is 0 Å². The largest absolute Gasteiger partial charge is 0.497 e. The number of nitro groups is 1. The van der Waals surface area contributed by atoms with Gasteiger partial charge in [0.25, 0.3) is 5.69 Å². The van der Waals surface area contributed by atoms with Gasteiger partial charge in [-0.3, -0.25) is 15.1 Å².